The summed E-state index contributed by atoms with van der Waals surface area (Å²) in [6.45, 7) is 0. The first kappa shape index (κ1) is 40.8. The fourth-order valence-corrected chi connectivity index (χ4v) is 8.73. The van der Waals surface area contributed by atoms with Gasteiger partial charge >= 0.3 is 0 Å². The van der Waals surface area contributed by atoms with Crippen molar-refractivity contribution in [2.45, 2.75) is 0 Å². The summed E-state index contributed by atoms with van der Waals surface area (Å²) in [7, 11) is 0. The van der Waals surface area contributed by atoms with Crippen molar-refractivity contribution in [3.63, 3.8) is 0 Å². The molecule has 0 fully saturated rings. The number of anilines is 3. The van der Waals surface area contributed by atoms with Crippen molar-refractivity contribution >= 4 is 17.1 Å². The van der Waals surface area contributed by atoms with E-state index in [9.17, 15) is 0 Å². The third kappa shape index (κ3) is 8.95. The summed E-state index contributed by atoms with van der Waals surface area (Å²) in [6.07, 6.45) is 0. The van der Waals surface area contributed by atoms with Gasteiger partial charge < -0.3 is 4.90 Å². The molecule has 0 N–H and O–H groups in total. The molecule has 0 amide bonds. The van der Waals surface area contributed by atoms with Gasteiger partial charge in [-0.3, -0.25) is 0 Å². The Morgan fingerprint density at radius 1 is 0.194 bits per heavy atom. The van der Waals surface area contributed by atoms with Crippen LogP contribution in [-0.2, 0) is 0 Å². The van der Waals surface area contributed by atoms with Crippen molar-refractivity contribution in [1.82, 2.24) is 9.97 Å². The summed E-state index contributed by atoms with van der Waals surface area (Å²) in [5, 5.41) is 0. The number of rotatable bonds is 11. The molecule has 0 bridgehead atoms. The van der Waals surface area contributed by atoms with E-state index in [4.69, 9.17) is 9.97 Å². The molecule has 0 unspecified atom stereocenters. The second kappa shape index (κ2) is 18.7. The first-order valence-electron chi connectivity index (χ1n) is 22.7. The van der Waals surface area contributed by atoms with E-state index >= 15 is 0 Å². The zero-order valence-electron chi connectivity index (χ0n) is 36.8. The molecule has 1 heterocycles. The van der Waals surface area contributed by atoms with Gasteiger partial charge in [0.15, 0.2) is 5.82 Å². The Balaban J connectivity index is 0.905. The van der Waals surface area contributed by atoms with Crippen molar-refractivity contribution in [2.75, 3.05) is 4.90 Å². The summed E-state index contributed by atoms with van der Waals surface area (Å²) < 4.78 is 0. The van der Waals surface area contributed by atoms with Crippen LogP contribution in [0.15, 0.2) is 273 Å². The molecule has 0 aliphatic carbocycles. The van der Waals surface area contributed by atoms with E-state index in [1.165, 1.54) is 44.5 Å². The van der Waals surface area contributed by atoms with E-state index in [0.29, 0.717) is 5.82 Å². The highest BCUT2D eigenvalue weighted by Gasteiger charge is 2.16. The first-order valence-corrected chi connectivity index (χ1v) is 22.7. The smallest absolute Gasteiger partial charge is 0.160 e. The Kier molecular flexibility index (Phi) is 11.4. The second-order valence-corrected chi connectivity index (χ2v) is 16.6. The molecule has 0 radical (unpaired) electrons. The summed E-state index contributed by atoms with van der Waals surface area (Å²) in [4.78, 5) is 12.7. The van der Waals surface area contributed by atoms with Crippen molar-refractivity contribution in [1.29, 1.82) is 0 Å². The average molecular weight is 856 g/mol. The maximum Gasteiger partial charge on any atom is 0.160 e. The van der Waals surface area contributed by atoms with Gasteiger partial charge in [0, 0.05) is 33.8 Å². The standard InChI is InChI=1S/C64H45N3/c1-5-13-46(14-6-1)50-21-27-56(28-22-50)62-45-63(57-29-23-51(24-30-57)47-15-7-2-8-16-47)66-64(65-62)58-31-25-52(26-32-58)55-37-43-61(44-38-55)67(59-39-33-53(34-40-59)48-17-9-3-10-18-48)60-41-35-54(36-42-60)49-19-11-4-12-20-49/h1-45H. The highest BCUT2D eigenvalue weighted by atomic mass is 15.1. The summed E-state index contributed by atoms with van der Waals surface area (Å²) in [5.41, 5.74) is 19.8. The predicted octanol–water partition coefficient (Wildman–Crippen LogP) is 17.3. The zero-order chi connectivity index (χ0) is 44.8. The van der Waals surface area contributed by atoms with Gasteiger partial charge in [-0.1, -0.05) is 231 Å². The fraction of sp³-hybridized carbons (Fsp3) is 0. The Morgan fingerprint density at radius 3 is 0.672 bits per heavy atom. The molecular formula is C64H45N3. The van der Waals surface area contributed by atoms with Gasteiger partial charge in [0.25, 0.3) is 0 Å². The predicted molar refractivity (Wildman–Crippen MR) is 280 cm³/mol. The van der Waals surface area contributed by atoms with E-state index in [2.05, 4.69) is 266 Å². The fourth-order valence-electron chi connectivity index (χ4n) is 8.73. The highest BCUT2D eigenvalue weighted by Crippen LogP contribution is 2.38. The minimum Gasteiger partial charge on any atom is -0.311 e. The minimum absolute atomic E-state index is 0.681. The third-order valence-corrected chi connectivity index (χ3v) is 12.4. The molecule has 67 heavy (non-hydrogen) atoms. The lowest BCUT2D eigenvalue weighted by molar-refractivity contribution is 1.18. The first-order chi connectivity index (χ1) is 33.2. The summed E-state index contributed by atoms with van der Waals surface area (Å²) in [5.74, 6) is 0.681. The van der Waals surface area contributed by atoms with Crippen LogP contribution in [0.5, 0.6) is 0 Å². The van der Waals surface area contributed by atoms with Crippen molar-refractivity contribution in [3.05, 3.63) is 273 Å². The van der Waals surface area contributed by atoms with Crippen LogP contribution in [0, 0.1) is 0 Å². The molecule has 3 heteroatoms. The van der Waals surface area contributed by atoms with Crippen LogP contribution in [0.25, 0.3) is 89.5 Å². The topological polar surface area (TPSA) is 29.0 Å². The monoisotopic (exact) mass is 855 g/mol. The van der Waals surface area contributed by atoms with Gasteiger partial charge in [-0.25, -0.2) is 9.97 Å². The third-order valence-electron chi connectivity index (χ3n) is 12.4. The Labute approximate surface area is 392 Å². The number of aromatic nitrogens is 2. The van der Waals surface area contributed by atoms with Gasteiger partial charge in [0.2, 0.25) is 0 Å². The molecule has 0 atom stereocenters. The van der Waals surface area contributed by atoms with Crippen molar-refractivity contribution in [3.8, 4) is 89.5 Å². The maximum atomic E-state index is 5.19. The quantitative estimate of drug-likeness (QED) is 0.130. The zero-order valence-corrected chi connectivity index (χ0v) is 36.8. The number of hydrogen-bond acceptors (Lipinski definition) is 3. The minimum atomic E-state index is 0.681. The molecule has 0 aliphatic heterocycles. The Morgan fingerprint density at radius 2 is 0.403 bits per heavy atom. The van der Waals surface area contributed by atoms with Crippen LogP contribution in [0.3, 0.4) is 0 Å². The van der Waals surface area contributed by atoms with Crippen LogP contribution >= 0.6 is 0 Å². The Bertz CT molecular complexity index is 3170. The van der Waals surface area contributed by atoms with Gasteiger partial charge in [-0.15, -0.1) is 0 Å². The van der Waals surface area contributed by atoms with E-state index in [1.54, 1.807) is 0 Å². The van der Waals surface area contributed by atoms with Crippen molar-refractivity contribution in [2.24, 2.45) is 0 Å². The highest BCUT2D eigenvalue weighted by molar-refractivity contribution is 5.82. The summed E-state index contributed by atoms with van der Waals surface area (Å²) >= 11 is 0. The van der Waals surface area contributed by atoms with Crippen LogP contribution < -0.4 is 4.90 Å². The lowest BCUT2D eigenvalue weighted by atomic mass is 10.00. The van der Waals surface area contributed by atoms with Gasteiger partial charge in [0.1, 0.15) is 0 Å². The molecule has 0 spiro atoms. The normalized spacial score (nSPS) is 11.0. The summed E-state index contributed by atoms with van der Waals surface area (Å²) in [6, 6.07) is 96.5. The SMILES string of the molecule is c1ccc(-c2ccc(-c3cc(-c4ccc(-c5ccccc5)cc4)nc(-c4ccc(-c5ccc(N(c6ccc(-c7ccccc7)cc6)c6ccc(-c7ccccc7)cc6)cc5)cc4)n3)cc2)cc1. The molecule has 1 aromatic heterocycles. The molecule has 10 aromatic carbocycles. The number of hydrogen-bond donors (Lipinski definition) is 0. The lowest BCUT2D eigenvalue weighted by Gasteiger charge is -2.26. The lowest BCUT2D eigenvalue weighted by Crippen LogP contribution is -2.09. The van der Waals surface area contributed by atoms with Gasteiger partial charge in [-0.2, -0.15) is 0 Å². The van der Waals surface area contributed by atoms with Crippen LogP contribution in [-0.4, -0.2) is 9.97 Å². The molecule has 3 nitrogen and oxygen atoms in total. The van der Waals surface area contributed by atoms with E-state index in [-0.39, 0.29) is 0 Å². The van der Waals surface area contributed by atoms with Crippen LogP contribution in [0.1, 0.15) is 0 Å². The van der Waals surface area contributed by atoms with E-state index in [0.717, 1.165) is 56.3 Å². The van der Waals surface area contributed by atoms with Crippen molar-refractivity contribution < 1.29 is 0 Å². The van der Waals surface area contributed by atoms with E-state index in [1.807, 2.05) is 12.1 Å². The number of benzene rings is 10. The molecule has 0 aliphatic rings. The van der Waals surface area contributed by atoms with E-state index < -0.39 is 0 Å². The van der Waals surface area contributed by atoms with Crippen LogP contribution in [0.2, 0.25) is 0 Å². The Hall–Kier alpha value is -8.92. The van der Waals surface area contributed by atoms with Gasteiger partial charge in [0.05, 0.1) is 11.4 Å². The number of nitrogens with zero attached hydrogens (tertiary/aromatic N) is 3. The largest absolute Gasteiger partial charge is 0.311 e. The molecule has 0 saturated heterocycles. The van der Waals surface area contributed by atoms with Gasteiger partial charge in [-0.05, 0) is 98.1 Å². The van der Waals surface area contributed by atoms with Crippen LogP contribution in [0.4, 0.5) is 17.1 Å². The molecule has 0 saturated carbocycles. The second-order valence-electron chi connectivity index (χ2n) is 16.6. The molecule has 316 valence electrons. The molecule has 11 aromatic rings. The molecule has 11 rings (SSSR count). The average Bonchev–Trinajstić information content (AvgIpc) is 3.42. The maximum absolute atomic E-state index is 5.19. The molecular weight excluding hydrogens is 811 g/mol.